The largest absolute Gasteiger partial charge is 0.497 e. The number of benzene rings is 2. The molecule has 2 rings (SSSR count). The summed E-state index contributed by atoms with van der Waals surface area (Å²) in [7, 11) is 3.21. The Balaban J connectivity index is 2.30. The molecule has 0 bridgehead atoms. The number of ether oxygens (including phenoxy) is 2. The van der Waals surface area contributed by atoms with Gasteiger partial charge in [0.15, 0.2) is 0 Å². The van der Waals surface area contributed by atoms with Gasteiger partial charge < -0.3 is 20.5 Å². The van der Waals surface area contributed by atoms with Gasteiger partial charge in [0.2, 0.25) is 0 Å². The highest BCUT2D eigenvalue weighted by Gasteiger charge is 2.08. The molecule has 4 nitrogen and oxygen atoms in total. The summed E-state index contributed by atoms with van der Waals surface area (Å²) in [5.74, 6) is 1.39. The van der Waals surface area contributed by atoms with Crippen molar-refractivity contribution in [2.75, 3.05) is 19.5 Å². The highest BCUT2D eigenvalue weighted by molar-refractivity contribution is 7.80. The van der Waals surface area contributed by atoms with Crippen molar-refractivity contribution in [3.63, 3.8) is 0 Å². The van der Waals surface area contributed by atoms with Crippen molar-refractivity contribution in [2.45, 2.75) is 0 Å². The average Bonchev–Trinajstić information content (AvgIpc) is 2.47. The van der Waals surface area contributed by atoms with Crippen LogP contribution in [-0.4, -0.2) is 19.2 Å². The fraction of sp³-hybridized carbons (Fsp3) is 0.133. The van der Waals surface area contributed by atoms with E-state index in [0.717, 1.165) is 17.1 Å². The Labute approximate surface area is 133 Å². The summed E-state index contributed by atoms with van der Waals surface area (Å²) in [5.41, 5.74) is 7.85. The van der Waals surface area contributed by atoms with Gasteiger partial charge in [-0.05, 0) is 30.3 Å². The minimum Gasteiger partial charge on any atom is -0.497 e. The van der Waals surface area contributed by atoms with E-state index in [1.54, 1.807) is 32.4 Å². The maximum absolute atomic E-state index is 6.15. The summed E-state index contributed by atoms with van der Waals surface area (Å²) in [6, 6.07) is 10.9. The average molecular weight is 323 g/mol. The summed E-state index contributed by atoms with van der Waals surface area (Å²) in [4.78, 5) is 0.272. The van der Waals surface area contributed by atoms with Gasteiger partial charge in [0, 0.05) is 17.3 Å². The van der Waals surface area contributed by atoms with Gasteiger partial charge in [-0.25, -0.2) is 0 Å². The topological polar surface area (TPSA) is 56.5 Å². The first-order valence-corrected chi connectivity index (χ1v) is 6.92. The first-order valence-electron chi connectivity index (χ1n) is 6.13. The van der Waals surface area contributed by atoms with E-state index in [0.29, 0.717) is 16.3 Å². The zero-order valence-electron chi connectivity index (χ0n) is 11.6. The third-order valence-corrected chi connectivity index (χ3v) is 3.45. The molecule has 6 heteroatoms. The molecule has 2 aromatic rings. The zero-order chi connectivity index (χ0) is 15.4. The number of methoxy groups -OCH3 is 2. The van der Waals surface area contributed by atoms with E-state index in [2.05, 4.69) is 5.32 Å². The van der Waals surface area contributed by atoms with Gasteiger partial charge in [0.05, 0.1) is 24.9 Å². The fourth-order valence-corrected chi connectivity index (χ4v) is 2.37. The molecule has 0 saturated carbocycles. The van der Waals surface area contributed by atoms with Crippen molar-refractivity contribution < 1.29 is 9.47 Å². The van der Waals surface area contributed by atoms with Gasteiger partial charge in [-0.3, -0.25) is 0 Å². The van der Waals surface area contributed by atoms with Crippen LogP contribution >= 0.6 is 23.8 Å². The van der Waals surface area contributed by atoms with Crippen LogP contribution in [-0.2, 0) is 0 Å². The number of rotatable bonds is 5. The molecule has 0 spiro atoms. The van der Waals surface area contributed by atoms with Gasteiger partial charge in [-0.2, -0.15) is 0 Å². The van der Waals surface area contributed by atoms with Crippen molar-refractivity contribution in [3.05, 3.63) is 47.0 Å². The van der Waals surface area contributed by atoms with Crippen molar-refractivity contribution in [3.8, 4) is 11.5 Å². The second-order valence-corrected chi connectivity index (χ2v) is 5.10. The minimum atomic E-state index is 0.272. The molecule has 3 N–H and O–H groups in total. The predicted octanol–water partition coefficient (Wildman–Crippen LogP) is 3.74. The molecular weight excluding hydrogens is 308 g/mol. The Kier molecular flexibility index (Phi) is 4.88. The van der Waals surface area contributed by atoms with Gasteiger partial charge >= 0.3 is 0 Å². The molecule has 0 unspecified atom stereocenters. The maximum atomic E-state index is 6.15. The van der Waals surface area contributed by atoms with Crippen LogP contribution in [0, 0.1) is 0 Å². The van der Waals surface area contributed by atoms with E-state index in [1.807, 2.05) is 18.2 Å². The summed E-state index contributed by atoms with van der Waals surface area (Å²) < 4.78 is 10.5. The lowest BCUT2D eigenvalue weighted by atomic mass is 10.2. The van der Waals surface area contributed by atoms with Crippen LogP contribution in [0.25, 0.3) is 0 Å². The highest BCUT2D eigenvalue weighted by atomic mass is 35.5. The molecule has 0 aromatic heterocycles. The summed E-state index contributed by atoms with van der Waals surface area (Å²) in [6.07, 6.45) is 0. The van der Waals surface area contributed by atoms with Gasteiger partial charge in [-0.15, -0.1) is 0 Å². The molecule has 0 radical (unpaired) electrons. The summed E-state index contributed by atoms with van der Waals surface area (Å²) in [5, 5.41) is 3.73. The van der Waals surface area contributed by atoms with Crippen LogP contribution in [0.3, 0.4) is 0 Å². The van der Waals surface area contributed by atoms with Crippen molar-refractivity contribution in [1.29, 1.82) is 0 Å². The molecule has 0 aliphatic carbocycles. The SMILES string of the molecule is COc1ccc(Nc2ccc(C(N)=S)c(Cl)c2)c(OC)c1. The summed E-state index contributed by atoms with van der Waals surface area (Å²) in [6.45, 7) is 0. The molecule has 0 aliphatic rings. The molecule has 21 heavy (non-hydrogen) atoms. The normalized spacial score (nSPS) is 10.0. The molecule has 0 atom stereocenters. The van der Waals surface area contributed by atoms with Crippen LogP contribution in [0.5, 0.6) is 11.5 Å². The molecule has 2 aromatic carbocycles. The Hall–Kier alpha value is -1.98. The number of hydrogen-bond donors (Lipinski definition) is 2. The van der Waals surface area contributed by atoms with Gasteiger partial charge in [0.25, 0.3) is 0 Å². The lowest BCUT2D eigenvalue weighted by Gasteiger charge is -2.13. The molecule has 0 saturated heterocycles. The van der Waals surface area contributed by atoms with E-state index < -0.39 is 0 Å². The van der Waals surface area contributed by atoms with Gasteiger partial charge in [-0.1, -0.05) is 23.8 Å². The number of nitrogens with two attached hydrogens (primary N) is 1. The monoisotopic (exact) mass is 322 g/mol. The smallest absolute Gasteiger partial charge is 0.145 e. The standard InChI is InChI=1S/C15H15ClN2O2S/c1-19-10-4-6-13(14(8-10)20-2)18-9-3-5-11(15(17)21)12(16)7-9/h3-8,18H,1-2H3,(H2,17,21). The van der Waals surface area contributed by atoms with Crippen LogP contribution in [0.1, 0.15) is 5.56 Å². The lowest BCUT2D eigenvalue weighted by molar-refractivity contribution is 0.395. The third-order valence-electron chi connectivity index (χ3n) is 2.92. The van der Waals surface area contributed by atoms with E-state index in [4.69, 9.17) is 39.0 Å². The Bertz CT molecular complexity index is 677. The number of nitrogens with one attached hydrogen (secondary N) is 1. The molecule has 0 fully saturated rings. The van der Waals surface area contributed by atoms with E-state index in [1.165, 1.54) is 0 Å². The predicted molar refractivity (Wildman–Crippen MR) is 90.2 cm³/mol. The number of thiocarbonyl (C=S) groups is 1. The molecule has 0 amide bonds. The maximum Gasteiger partial charge on any atom is 0.145 e. The number of anilines is 2. The first kappa shape index (κ1) is 15.4. The van der Waals surface area contributed by atoms with Crippen LogP contribution in [0.2, 0.25) is 5.02 Å². The summed E-state index contributed by atoms with van der Waals surface area (Å²) >= 11 is 11.1. The number of hydrogen-bond acceptors (Lipinski definition) is 4. The lowest BCUT2D eigenvalue weighted by Crippen LogP contribution is -2.10. The zero-order valence-corrected chi connectivity index (χ0v) is 13.2. The van der Waals surface area contributed by atoms with Crippen molar-refractivity contribution in [1.82, 2.24) is 0 Å². The molecule has 0 heterocycles. The van der Waals surface area contributed by atoms with Crippen LogP contribution < -0.4 is 20.5 Å². The van der Waals surface area contributed by atoms with Crippen molar-refractivity contribution >= 4 is 40.2 Å². The molecule has 0 aliphatic heterocycles. The van der Waals surface area contributed by atoms with Crippen LogP contribution in [0.15, 0.2) is 36.4 Å². The van der Waals surface area contributed by atoms with E-state index in [-0.39, 0.29) is 4.99 Å². The second kappa shape index (κ2) is 6.65. The van der Waals surface area contributed by atoms with Crippen molar-refractivity contribution in [2.24, 2.45) is 5.73 Å². The fourth-order valence-electron chi connectivity index (χ4n) is 1.85. The van der Waals surface area contributed by atoms with E-state index >= 15 is 0 Å². The number of halogens is 1. The Morgan fingerprint density at radius 1 is 1.14 bits per heavy atom. The second-order valence-electron chi connectivity index (χ2n) is 4.25. The van der Waals surface area contributed by atoms with Gasteiger partial charge in [0.1, 0.15) is 16.5 Å². The Morgan fingerprint density at radius 2 is 1.90 bits per heavy atom. The molecular formula is C15H15ClN2O2S. The first-order chi connectivity index (χ1) is 10.0. The van der Waals surface area contributed by atoms with Crippen LogP contribution in [0.4, 0.5) is 11.4 Å². The van der Waals surface area contributed by atoms with E-state index in [9.17, 15) is 0 Å². The Morgan fingerprint density at radius 3 is 2.48 bits per heavy atom. The molecule has 110 valence electrons. The minimum absolute atomic E-state index is 0.272. The third kappa shape index (κ3) is 3.56. The quantitative estimate of drug-likeness (QED) is 0.821. The highest BCUT2D eigenvalue weighted by Crippen LogP contribution is 2.32.